The highest BCUT2D eigenvalue weighted by Crippen LogP contribution is 2.30. The normalized spacial score (nSPS) is 12.1. The number of carbonyl (C=O) groups is 2. The summed E-state index contributed by atoms with van der Waals surface area (Å²) in [5.74, 6) is -0.951. The Morgan fingerprint density at radius 2 is 1.59 bits per heavy atom. The third kappa shape index (κ3) is 6.83. The van der Waals surface area contributed by atoms with Gasteiger partial charge in [0.15, 0.2) is 0 Å². The van der Waals surface area contributed by atoms with Crippen molar-refractivity contribution >= 4 is 50.7 Å². The number of benzene rings is 3. The first-order chi connectivity index (χ1) is 17.4. The van der Waals surface area contributed by atoms with Gasteiger partial charge in [-0.3, -0.25) is 13.9 Å². The molecule has 0 bridgehead atoms. The minimum atomic E-state index is -4.16. The van der Waals surface area contributed by atoms with Crippen molar-refractivity contribution < 1.29 is 18.0 Å². The van der Waals surface area contributed by atoms with E-state index in [0.29, 0.717) is 21.2 Å². The van der Waals surface area contributed by atoms with Gasteiger partial charge >= 0.3 is 0 Å². The maximum atomic E-state index is 13.8. The number of nitrogens with zero attached hydrogens (tertiary/aromatic N) is 2. The van der Waals surface area contributed by atoms with Gasteiger partial charge in [-0.25, -0.2) is 8.42 Å². The van der Waals surface area contributed by atoms with Crippen LogP contribution in [0.25, 0.3) is 0 Å². The first kappa shape index (κ1) is 28.5. The Hall–Kier alpha value is -3.07. The molecule has 37 heavy (non-hydrogen) atoms. The molecule has 0 aliphatic heterocycles. The summed E-state index contributed by atoms with van der Waals surface area (Å²) >= 11 is 12.4. The summed E-state index contributed by atoms with van der Waals surface area (Å²) < 4.78 is 28.7. The molecule has 0 aromatic heterocycles. The zero-order chi connectivity index (χ0) is 27.3. The average Bonchev–Trinajstić information content (AvgIpc) is 2.86. The van der Waals surface area contributed by atoms with Gasteiger partial charge in [-0.1, -0.05) is 59.1 Å². The van der Waals surface area contributed by atoms with E-state index in [4.69, 9.17) is 23.2 Å². The molecular formula is C27H29Cl2N3O4S. The van der Waals surface area contributed by atoms with Crippen LogP contribution in [0.5, 0.6) is 0 Å². The van der Waals surface area contributed by atoms with Crippen molar-refractivity contribution in [1.82, 2.24) is 10.2 Å². The SMILES string of the molecule is CNC(=O)[C@H](C)N(Cc1cccc(Cl)c1)C(=O)CN(c1cc(Cl)ccc1C)S(=O)(=O)c1ccc(C)cc1. The summed E-state index contributed by atoms with van der Waals surface area (Å²) in [6.45, 7) is 4.70. The summed E-state index contributed by atoms with van der Waals surface area (Å²) in [6, 6.07) is 17.3. The lowest BCUT2D eigenvalue weighted by molar-refractivity contribution is -0.139. The number of carbonyl (C=O) groups excluding carboxylic acids is 2. The predicted molar refractivity (Wildman–Crippen MR) is 147 cm³/mol. The number of aryl methyl sites for hydroxylation is 2. The molecule has 0 heterocycles. The molecule has 1 atom stereocenters. The maximum Gasteiger partial charge on any atom is 0.264 e. The van der Waals surface area contributed by atoms with E-state index in [9.17, 15) is 18.0 Å². The fourth-order valence-corrected chi connectivity index (χ4v) is 5.68. The van der Waals surface area contributed by atoms with Gasteiger partial charge in [0.05, 0.1) is 10.6 Å². The Morgan fingerprint density at radius 3 is 2.22 bits per heavy atom. The second kappa shape index (κ2) is 12.0. The van der Waals surface area contributed by atoms with E-state index < -0.39 is 28.5 Å². The van der Waals surface area contributed by atoms with Gasteiger partial charge < -0.3 is 10.2 Å². The highest BCUT2D eigenvalue weighted by molar-refractivity contribution is 7.92. The molecule has 196 valence electrons. The Kier molecular flexibility index (Phi) is 9.23. The van der Waals surface area contributed by atoms with Crippen LogP contribution in [0, 0.1) is 13.8 Å². The van der Waals surface area contributed by atoms with E-state index in [1.54, 1.807) is 62.4 Å². The van der Waals surface area contributed by atoms with Crippen LogP contribution < -0.4 is 9.62 Å². The predicted octanol–water partition coefficient (Wildman–Crippen LogP) is 4.97. The average molecular weight is 563 g/mol. The number of rotatable bonds is 9. The fraction of sp³-hybridized carbons (Fsp3) is 0.259. The summed E-state index contributed by atoms with van der Waals surface area (Å²) in [7, 11) is -2.69. The number of anilines is 1. The van der Waals surface area contributed by atoms with Crippen LogP contribution in [-0.2, 0) is 26.2 Å². The third-order valence-corrected chi connectivity index (χ3v) is 8.23. The molecule has 3 aromatic rings. The Labute approximate surface area is 228 Å². The first-order valence-electron chi connectivity index (χ1n) is 11.5. The molecule has 0 radical (unpaired) electrons. The van der Waals surface area contributed by atoms with Crippen LogP contribution in [0.1, 0.15) is 23.6 Å². The van der Waals surface area contributed by atoms with Crippen LogP contribution in [0.2, 0.25) is 10.0 Å². The molecule has 0 unspecified atom stereocenters. The Morgan fingerprint density at radius 1 is 0.946 bits per heavy atom. The van der Waals surface area contributed by atoms with E-state index in [-0.39, 0.29) is 23.0 Å². The van der Waals surface area contributed by atoms with Gasteiger partial charge in [0.2, 0.25) is 11.8 Å². The van der Waals surface area contributed by atoms with Crippen molar-refractivity contribution in [1.29, 1.82) is 0 Å². The van der Waals surface area contributed by atoms with E-state index in [2.05, 4.69) is 5.32 Å². The van der Waals surface area contributed by atoms with E-state index in [0.717, 1.165) is 9.87 Å². The Balaban J connectivity index is 2.08. The quantitative estimate of drug-likeness (QED) is 0.399. The molecule has 0 aliphatic rings. The number of hydrogen-bond donors (Lipinski definition) is 1. The van der Waals surface area contributed by atoms with Crippen molar-refractivity contribution in [3.63, 3.8) is 0 Å². The summed E-state index contributed by atoms with van der Waals surface area (Å²) in [6.07, 6.45) is 0. The molecule has 0 spiro atoms. The first-order valence-corrected chi connectivity index (χ1v) is 13.7. The molecule has 0 saturated heterocycles. The van der Waals surface area contributed by atoms with Crippen LogP contribution >= 0.6 is 23.2 Å². The lowest BCUT2D eigenvalue weighted by Crippen LogP contribution is -2.50. The molecule has 0 fully saturated rings. The molecular weight excluding hydrogens is 533 g/mol. The summed E-state index contributed by atoms with van der Waals surface area (Å²) in [4.78, 5) is 27.7. The van der Waals surface area contributed by atoms with Gasteiger partial charge in [0.1, 0.15) is 12.6 Å². The standard InChI is InChI=1S/C27H29Cl2N3O4S/c1-18-8-12-24(13-9-18)37(35,36)32(25-15-23(29)11-10-19(25)2)17-26(33)31(20(3)27(34)30-4)16-21-6-5-7-22(28)14-21/h5-15,20H,16-17H2,1-4H3,(H,30,34)/t20-/m0/s1. The van der Waals surface area contributed by atoms with Gasteiger partial charge in [0, 0.05) is 23.6 Å². The number of hydrogen-bond acceptors (Lipinski definition) is 4. The second-order valence-corrected chi connectivity index (χ2v) is 11.4. The molecule has 10 heteroatoms. The Bertz CT molecular complexity index is 1400. The van der Waals surface area contributed by atoms with Gasteiger partial charge in [-0.05, 0) is 68.3 Å². The number of amides is 2. The minimum absolute atomic E-state index is 0.0333. The number of likely N-dealkylation sites (N-methyl/N-ethyl adjacent to an activating group) is 1. The molecule has 2 amide bonds. The molecule has 0 saturated carbocycles. The molecule has 1 N–H and O–H groups in total. The van der Waals surface area contributed by atoms with E-state index in [1.165, 1.54) is 30.1 Å². The van der Waals surface area contributed by atoms with Crippen LogP contribution in [-0.4, -0.2) is 44.8 Å². The third-order valence-electron chi connectivity index (χ3n) is 5.98. The van der Waals surface area contributed by atoms with E-state index in [1.807, 2.05) is 6.92 Å². The van der Waals surface area contributed by atoms with Crippen molar-refractivity contribution in [2.75, 3.05) is 17.9 Å². The molecule has 3 aromatic carbocycles. The lowest BCUT2D eigenvalue weighted by Gasteiger charge is -2.32. The molecule has 3 rings (SSSR count). The number of halogens is 2. The second-order valence-electron chi connectivity index (χ2n) is 8.70. The summed E-state index contributed by atoms with van der Waals surface area (Å²) in [5, 5.41) is 3.36. The topological polar surface area (TPSA) is 86.8 Å². The highest BCUT2D eigenvalue weighted by Gasteiger charge is 2.33. The van der Waals surface area contributed by atoms with Crippen molar-refractivity contribution in [2.24, 2.45) is 0 Å². The van der Waals surface area contributed by atoms with Crippen molar-refractivity contribution in [2.45, 2.75) is 38.3 Å². The molecule has 0 aliphatic carbocycles. The van der Waals surface area contributed by atoms with Crippen LogP contribution in [0.15, 0.2) is 71.6 Å². The monoisotopic (exact) mass is 561 g/mol. The van der Waals surface area contributed by atoms with E-state index >= 15 is 0 Å². The van der Waals surface area contributed by atoms with Crippen molar-refractivity contribution in [3.05, 3.63) is 93.5 Å². The molecule has 7 nitrogen and oxygen atoms in total. The van der Waals surface area contributed by atoms with Crippen LogP contribution in [0.4, 0.5) is 5.69 Å². The zero-order valence-electron chi connectivity index (χ0n) is 21.0. The van der Waals surface area contributed by atoms with Gasteiger partial charge in [0.25, 0.3) is 10.0 Å². The number of sulfonamides is 1. The fourth-order valence-electron chi connectivity index (χ4n) is 3.83. The largest absolute Gasteiger partial charge is 0.357 e. The van der Waals surface area contributed by atoms with Crippen molar-refractivity contribution in [3.8, 4) is 0 Å². The minimum Gasteiger partial charge on any atom is -0.357 e. The smallest absolute Gasteiger partial charge is 0.264 e. The summed E-state index contributed by atoms with van der Waals surface area (Å²) in [5.41, 5.74) is 2.49. The lowest BCUT2D eigenvalue weighted by atomic mass is 10.1. The number of nitrogens with one attached hydrogen (secondary N) is 1. The maximum absolute atomic E-state index is 13.8. The zero-order valence-corrected chi connectivity index (χ0v) is 23.4. The van der Waals surface area contributed by atoms with Crippen LogP contribution in [0.3, 0.4) is 0 Å². The van der Waals surface area contributed by atoms with Gasteiger partial charge in [-0.15, -0.1) is 0 Å². The highest BCUT2D eigenvalue weighted by atomic mass is 35.5. The van der Waals surface area contributed by atoms with Gasteiger partial charge in [-0.2, -0.15) is 0 Å².